The summed E-state index contributed by atoms with van der Waals surface area (Å²) in [6.45, 7) is 1.87. The lowest BCUT2D eigenvalue weighted by atomic mass is 9.73. The zero-order chi connectivity index (χ0) is 23.5. The van der Waals surface area contributed by atoms with E-state index < -0.39 is 11.9 Å². The number of carbonyl (C=O) groups is 2. The molecule has 0 unspecified atom stereocenters. The van der Waals surface area contributed by atoms with Crippen molar-refractivity contribution >= 4 is 11.8 Å². The van der Waals surface area contributed by atoms with Gasteiger partial charge in [-0.25, -0.2) is 4.79 Å². The summed E-state index contributed by atoms with van der Waals surface area (Å²) >= 11 is 0. The summed E-state index contributed by atoms with van der Waals surface area (Å²) in [5.41, 5.74) is 8.41. The number of Topliss-reactive ketones (excluding diaryl/α,β-unsaturated/α-hetero) is 1. The number of hydrogen-bond donors (Lipinski definition) is 1. The number of nitrogens with two attached hydrogens (primary N) is 1. The number of benzene rings is 2. The van der Waals surface area contributed by atoms with Crippen molar-refractivity contribution in [3.63, 3.8) is 0 Å². The fourth-order valence-electron chi connectivity index (χ4n) is 4.55. The Morgan fingerprint density at radius 2 is 1.85 bits per heavy atom. The molecule has 2 N–H and O–H groups in total. The topological polar surface area (TPSA) is 97.1 Å². The SMILES string of the molecule is CCOC(=O)C1=C(N)OC2=C(C(=O)C[C@@H](c3ccccc3)C2)[C@@H]1c1cc(OC)ccc1OC. The molecule has 7 nitrogen and oxygen atoms in total. The molecule has 0 fully saturated rings. The molecule has 1 aliphatic heterocycles. The van der Waals surface area contributed by atoms with E-state index in [0.717, 1.165) is 5.56 Å². The van der Waals surface area contributed by atoms with Gasteiger partial charge in [0.2, 0.25) is 5.88 Å². The van der Waals surface area contributed by atoms with Crippen molar-refractivity contribution in [1.29, 1.82) is 0 Å². The Hall–Kier alpha value is -3.74. The minimum atomic E-state index is -0.790. The molecule has 2 aromatic carbocycles. The van der Waals surface area contributed by atoms with Crippen LogP contribution in [0.1, 0.15) is 42.7 Å². The number of carbonyl (C=O) groups excluding carboxylic acids is 2. The molecule has 7 heteroatoms. The molecule has 1 heterocycles. The van der Waals surface area contributed by atoms with Gasteiger partial charge in [-0.15, -0.1) is 0 Å². The van der Waals surface area contributed by atoms with Crippen molar-refractivity contribution in [1.82, 2.24) is 0 Å². The Morgan fingerprint density at radius 1 is 1.09 bits per heavy atom. The normalized spacial score (nSPS) is 20.2. The highest BCUT2D eigenvalue weighted by molar-refractivity contribution is 6.04. The van der Waals surface area contributed by atoms with Crippen LogP contribution in [-0.2, 0) is 19.1 Å². The zero-order valence-corrected chi connectivity index (χ0v) is 18.9. The summed E-state index contributed by atoms with van der Waals surface area (Å²) in [6.07, 6.45) is 0.787. The van der Waals surface area contributed by atoms with Crippen molar-refractivity contribution in [2.45, 2.75) is 31.6 Å². The molecule has 0 saturated heterocycles. The monoisotopic (exact) mass is 449 g/mol. The van der Waals surface area contributed by atoms with Gasteiger partial charge in [0.15, 0.2) is 5.78 Å². The predicted molar refractivity (Wildman–Crippen MR) is 122 cm³/mol. The molecule has 0 aromatic heterocycles. The third-order valence-corrected chi connectivity index (χ3v) is 6.05. The van der Waals surface area contributed by atoms with Crippen LogP contribution in [0.25, 0.3) is 0 Å². The van der Waals surface area contributed by atoms with Crippen LogP contribution in [0.4, 0.5) is 0 Å². The fourth-order valence-corrected chi connectivity index (χ4v) is 4.55. The second-order valence-corrected chi connectivity index (χ2v) is 7.92. The Kier molecular flexibility index (Phi) is 6.40. The standard InChI is InChI=1S/C26H27NO6/c1-4-32-26(29)24-22(18-14-17(30-2)10-11-20(18)31-3)23-19(28)12-16(13-21(23)33-25(24)27)15-8-6-5-7-9-15/h5-11,14,16,22H,4,12-13,27H2,1-3H3/t16-,22+/m1/s1. The van der Waals surface area contributed by atoms with E-state index in [1.54, 1.807) is 32.2 Å². The van der Waals surface area contributed by atoms with E-state index in [1.807, 2.05) is 30.3 Å². The van der Waals surface area contributed by atoms with Crippen molar-refractivity contribution in [2.75, 3.05) is 20.8 Å². The van der Waals surface area contributed by atoms with Crippen LogP contribution in [0.15, 0.2) is 71.3 Å². The fraction of sp³-hybridized carbons (Fsp3) is 0.308. The average molecular weight is 450 g/mol. The minimum absolute atomic E-state index is 0.0396. The molecule has 2 atom stereocenters. The first-order valence-electron chi connectivity index (χ1n) is 10.9. The van der Waals surface area contributed by atoms with Crippen LogP contribution < -0.4 is 15.2 Å². The van der Waals surface area contributed by atoms with Crippen molar-refractivity contribution in [3.05, 3.63) is 82.4 Å². The second-order valence-electron chi connectivity index (χ2n) is 7.92. The molecular formula is C26H27NO6. The maximum atomic E-state index is 13.6. The van der Waals surface area contributed by atoms with Crippen LogP contribution in [0, 0.1) is 0 Å². The number of ketones is 1. The van der Waals surface area contributed by atoms with E-state index in [9.17, 15) is 9.59 Å². The van der Waals surface area contributed by atoms with Crippen LogP contribution in [0.5, 0.6) is 11.5 Å². The number of allylic oxidation sites excluding steroid dienone is 2. The third kappa shape index (κ3) is 4.18. The largest absolute Gasteiger partial charge is 0.497 e. The molecular weight excluding hydrogens is 422 g/mol. The third-order valence-electron chi connectivity index (χ3n) is 6.05. The first-order valence-corrected chi connectivity index (χ1v) is 10.9. The number of hydrogen-bond acceptors (Lipinski definition) is 7. The Balaban J connectivity index is 1.87. The number of methoxy groups -OCH3 is 2. The highest BCUT2D eigenvalue weighted by Crippen LogP contribution is 2.49. The van der Waals surface area contributed by atoms with Crippen LogP contribution in [0.2, 0.25) is 0 Å². The molecule has 0 spiro atoms. The maximum absolute atomic E-state index is 13.6. The van der Waals surface area contributed by atoms with E-state index in [4.69, 9.17) is 24.7 Å². The highest BCUT2D eigenvalue weighted by Gasteiger charge is 2.44. The summed E-state index contributed by atoms with van der Waals surface area (Å²) in [6, 6.07) is 15.1. The number of rotatable bonds is 6. The van der Waals surface area contributed by atoms with Gasteiger partial charge in [0.1, 0.15) is 22.8 Å². The lowest BCUT2D eigenvalue weighted by Crippen LogP contribution is -2.33. The number of esters is 1. The van der Waals surface area contributed by atoms with Gasteiger partial charge in [-0.05, 0) is 36.6 Å². The van der Waals surface area contributed by atoms with E-state index >= 15 is 0 Å². The molecule has 33 heavy (non-hydrogen) atoms. The summed E-state index contributed by atoms with van der Waals surface area (Å²) in [7, 11) is 3.08. The van der Waals surface area contributed by atoms with E-state index in [-0.39, 0.29) is 29.8 Å². The van der Waals surface area contributed by atoms with Gasteiger partial charge in [-0.2, -0.15) is 0 Å². The lowest BCUT2D eigenvalue weighted by molar-refractivity contribution is -0.139. The molecule has 0 bridgehead atoms. The average Bonchev–Trinajstić information content (AvgIpc) is 2.83. The molecule has 2 aliphatic rings. The Labute approximate surface area is 192 Å². The zero-order valence-electron chi connectivity index (χ0n) is 18.9. The molecule has 2 aromatic rings. The molecule has 1 aliphatic carbocycles. The van der Waals surface area contributed by atoms with Crippen molar-refractivity contribution in [2.24, 2.45) is 5.73 Å². The predicted octanol–water partition coefficient (Wildman–Crippen LogP) is 3.95. The van der Waals surface area contributed by atoms with Gasteiger partial charge in [-0.1, -0.05) is 30.3 Å². The van der Waals surface area contributed by atoms with E-state index in [1.165, 1.54) is 7.11 Å². The Morgan fingerprint density at radius 3 is 2.52 bits per heavy atom. The lowest BCUT2D eigenvalue weighted by Gasteiger charge is -2.35. The van der Waals surface area contributed by atoms with Gasteiger partial charge in [0.25, 0.3) is 0 Å². The molecule has 0 amide bonds. The van der Waals surface area contributed by atoms with Gasteiger partial charge in [0.05, 0.1) is 26.7 Å². The van der Waals surface area contributed by atoms with Crippen LogP contribution >= 0.6 is 0 Å². The summed E-state index contributed by atoms with van der Waals surface area (Å²) in [5.74, 6) is -0.0918. The molecule has 4 rings (SSSR count). The summed E-state index contributed by atoms with van der Waals surface area (Å²) in [4.78, 5) is 26.5. The first kappa shape index (κ1) is 22.5. The molecule has 172 valence electrons. The minimum Gasteiger partial charge on any atom is -0.497 e. The van der Waals surface area contributed by atoms with Crippen molar-refractivity contribution in [3.8, 4) is 11.5 Å². The van der Waals surface area contributed by atoms with E-state index in [2.05, 4.69) is 0 Å². The second kappa shape index (κ2) is 9.40. The van der Waals surface area contributed by atoms with Gasteiger partial charge >= 0.3 is 5.97 Å². The van der Waals surface area contributed by atoms with E-state index in [0.29, 0.717) is 41.2 Å². The summed E-state index contributed by atoms with van der Waals surface area (Å²) < 4.78 is 22.2. The molecule has 0 radical (unpaired) electrons. The van der Waals surface area contributed by atoms with Gasteiger partial charge in [-0.3, -0.25) is 4.79 Å². The van der Waals surface area contributed by atoms with Gasteiger partial charge in [0, 0.05) is 24.0 Å². The quantitative estimate of drug-likeness (QED) is 0.667. The number of ether oxygens (including phenoxy) is 4. The van der Waals surface area contributed by atoms with Crippen molar-refractivity contribution < 1.29 is 28.5 Å². The smallest absolute Gasteiger partial charge is 0.340 e. The Bertz CT molecular complexity index is 1130. The van der Waals surface area contributed by atoms with Gasteiger partial charge < -0.3 is 24.7 Å². The highest BCUT2D eigenvalue weighted by atomic mass is 16.5. The van der Waals surface area contributed by atoms with Crippen LogP contribution in [-0.4, -0.2) is 32.6 Å². The maximum Gasteiger partial charge on any atom is 0.340 e. The summed E-state index contributed by atoms with van der Waals surface area (Å²) in [5, 5.41) is 0. The van der Waals surface area contributed by atoms with Crippen LogP contribution in [0.3, 0.4) is 0 Å². The molecule has 0 saturated carbocycles. The first-order chi connectivity index (χ1) is 16.0.